The van der Waals surface area contributed by atoms with Gasteiger partial charge < -0.3 is 24.5 Å². The van der Waals surface area contributed by atoms with Gasteiger partial charge in [-0.15, -0.1) is 24.0 Å². The number of nitrogens with one attached hydrogen (secondary N) is 2. The Kier molecular flexibility index (Phi) is 9.91. The minimum Gasteiger partial charge on any atom is -0.465 e. The maximum atomic E-state index is 5.89. The fraction of sp³-hybridized carbons (Fsp3) is 0.722. The predicted octanol–water partition coefficient (Wildman–Crippen LogP) is 2.17. The van der Waals surface area contributed by atoms with Gasteiger partial charge in [0.1, 0.15) is 11.5 Å². The van der Waals surface area contributed by atoms with Crippen LogP contribution in [0.4, 0.5) is 0 Å². The van der Waals surface area contributed by atoms with Gasteiger partial charge in [0.15, 0.2) is 5.96 Å². The van der Waals surface area contributed by atoms with E-state index < -0.39 is 0 Å². The van der Waals surface area contributed by atoms with E-state index in [-0.39, 0.29) is 35.6 Å². The highest BCUT2D eigenvalue weighted by molar-refractivity contribution is 14.0. The molecule has 2 N–H and O–H groups in total. The Morgan fingerprint density at radius 3 is 2.54 bits per heavy atom. The van der Waals surface area contributed by atoms with Crippen molar-refractivity contribution in [2.75, 3.05) is 53.6 Å². The Bertz CT molecular complexity index is 556. The topological polar surface area (TPSA) is 71.3 Å². The van der Waals surface area contributed by atoms with Crippen LogP contribution < -0.4 is 10.6 Å². The van der Waals surface area contributed by atoms with Crippen molar-refractivity contribution >= 4 is 29.9 Å². The largest absolute Gasteiger partial charge is 0.465 e. The lowest BCUT2D eigenvalue weighted by Crippen LogP contribution is -2.48. The average molecular weight is 480 g/mol. The number of hydrogen-bond donors (Lipinski definition) is 2. The average Bonchev–Trinajstić information content (AvgIpc) is 3.05. The quantitative estimate of drug-likeness (QED) is 0.354. The number of aryl methyl sites for hydroxylation is 1. The van der Waals surface area contributed by atoms with E-state index in [4.69, 9.17) is 13.9 Å². The van der Waals surface area contributed by atoms with Gasteiger partial charge in [0.05, 0.1) is 24.9 Å². The molecule has 1 atom stereocenters. The van der Waals surface area contributed by atoms with E-state index in [2.05, 4.69) is 26.6 Å². The number of nitrogens with zero attached hydrogens (tertiary/aromatic N) is 2. The summed E-state index contributed by atoms with van der Waals surface area (Å²) < 4.78 is 16.8. The Balaban J connectivity index is 0.00000338. The summed E-state index contributed by atoms with van der Waals surface area (Å²) in [6.45, 7) is 10.7. The molecule has 8 heteroatoms. The van der Waals surface area contributed by atoms with Crippen molar-refractivity contribution in [1.82, 2.24) is 15.5 Å². The number of hydrogen-bond acceptors (Lipinski definition) is 5. The van der Waals surface area contributed by atoms with E-state index in [1.165, 1.54) is 0 Å². The molecule has 1 aliphatic heterocycles. The molecule has 1 aliphatic rings. The van der Waals surface area contributed by atoms with E-state index in [1.54, 1.807) is 14.2 Å². The van der Waals surface area contributed by atoms with Gasteiger partial charge in [-0.05, 0) is 32.9 Å². The second-order valence-corrected chi connectivity index (χ2v) is 6.88. The molecule has 2 rings (SSSR count). The van der Waals surface area contributed by atoms with Crippen molar-refractivity contribution in [3.05, 3.63) is 23.7 Å². The number of methoxy groups -OCH3 is 1. The fourth-order valence-electron chi connectivity index (χ4n) is 2.71. The van der Waals surface area contributed by atoms with Gasteiger partial charge in [-0.25, -0.2) is 0 Å². The zero-order chi connectivity index (χ0) is 18.3. The monoisotopic (exact) mass is 480 g/mol. The van der Waals surface area contributed by atoms with Gasteiger partial charge in [-0.1, -0.05) is 0 Å². The SMILES string of the molecule is CN=C(NCC(c1ccc(C)o1)N1CCOCC1)NCC(C)(C)OC.I. The second kappa shape index (κ2) is 11.1. The number of morpholine rings is 1. The number of guanidine groups is 1. The first-order valence-corrected chi connectivity index (χ1v) is 8.83. The lowest BCUT2D eigenvalue weighted by molar-refractivity contribution is 0.0123. The van der Waals surface area contributed by atoms with Crippen LogP contribution in [0.25, 0.3) is 0 Å². The first-order chi connectivity index (χ1) is 11.9. The third-order valence-corrected chi connectivity index (χ3v) is 4.50. The molecule has 1 aromatic heterocycles. The van der Waals surface area contributed by atoms with Crippen LogP contribution in [0.3, 0.4) is 0 Å². The Labute approximate surface area is 173 Å². The molecule has 1 unspecified atom stereocenters. The molecule has 0 bridgehead atoms. The lowest BCUT2D eigenvalue weighted by Gasteiger charge is -2.34. The summed E-state index contributed by atoms with van der Waals surface area (Å²) in [4.78, 5) is 6.70. The normalized spacial score (nSPS) is 17.5. The molecule has 1 saturated heterocycles. The van der Waals surface area contributed by atoms with E-state index in [9.17, 15) is 0 Å². The smallest absolute Gasteiger partial charge is 0.191 e. The number of rotatable bonds is 7. The maximum absolute atomic E-state index is 5.89. The third-order valence-electron chi connectivity index (χ3n) is 4.50. The van der Waals surface area contributed by atoms with Crippen LogP contribution in [-0.2, 0) is 9.47 Å². The van der Waals surface area contributed by atoms with Gasteiger partial charge in [0.25, 0.3) is 0 Å². The molecule has 1 aromatic rings. The Morgan fingerprint density at radius 1 is 1.31 bits per heavy atom. The molecule has 7 nitrogen and oxygen atoms in total. The van der Waals surface area contributed by atoms with Crippen molar-refractivity contribution in [3.63, 3.8) is 0 Å². The van der Waals surface area contributed by atoms with Crippen LogP contribution in [0.2, 0.25) is 0 Å². The molecule has 0 aromatic carbocycles. The number of aliphatic imine (C=N–C) groups is 1. The van der Waals surface area contributed by atoms with Crippen LogP contribution in [-0.4, -0.2) is 70.0 Å². The molecule has 0 aliphatic carbocycles. The summed E-state index contributed by atoms with van der Waals surface area (Å²) in [5, 5.41) is 6.73. The van der Waals surface area contributed by atoms with Crippen LogP contribution in [0.1, 0.15) is 31.4 Å². The van der Waals surface area contributed by atoms with Crippen molar-refractivity contribution in [2.45, 2.75) is 32.4 Å². The first kappa shape index (κ1) is 23.2. The van der Waals surface area contributed by atoms with Gasteiger partial charge in [0.2, 0.25) is 0 Å². The van der Waals surface area contributed by atoms with Crippen LogP contribution in [0.5, 0.6) is 0 Å². The van der Waals surface area contributed by atoms with Crippen molar-refractivity contribution in [1.29, 1.82) is 0 Å². The Hall–Kier alpha value is -0.840. The molecule has 1 fully saturated rings. The number of furan rings is 1. The molecule has 0 saturated carbocycles. The fourth-order valence-corrected chi connectivity index (χ4v) is 2.71. The summed E-state index contributed by atoms with van der Waals surface area (Å²) in [5.41, 5.74) is -0.251. The second-order valence-electron chi connectivity index (χ2n) is 6.88. The van der Waals surface area contributed by atoms with Gasteiger partial charge in [-0.3, -0.25) is 9.89 Å². The summed E-state index contributed by atoms with van der Waals surface area (Å²) in [6, 6.07) is 4.21. The van der Waals surface area contributed by atoms with E-state index in [0.29, 0.717) is 13.1 Å². The molecule has 0 spiro atoms. The molecule has 150 valence electrons. The zero-order valence-corrected chi connectivity index (χ0v) is 18.8. The molecule has 0 amide bonds. The van der Waals surface area contributed by atoms with Crippen molar-refractivity contribution in [2.24, 2.45) is 4.99 Å². The van der Waals surface area contributed by atoms with Gasteiger partial charge in [0, 0.05) is 40.3 Å². The summed E-state index contributed by atoms with van der Waals surface area (Å²) in [7, 11) is 3.49. The highest BCUT2D eigenvalue weighted by Crippen LogP contribution is 2.23. The van der Waals surface area contributed by atoms with E-state index in [0.717, 1.165) is 43.8 Å². The molecule has 26 heavy (non-hydrogen) atoms. The van der Waals surface area contributed by atoms with Crippen molar-refractivity contribution < 1.29 is 13.9 Å². The van der Waals surface area contributed by atoms with Gasteiger partial charge in [-0.2, -0.15) is 0 Å². The number of ether oxygens (including phenoxy) is 2. The van der Waals surface area contributed by atoms with Crippen molar-refractivity contribution in [3.8, 4) is 0 Å². The van der Waals surface area contributed by atoms with E-state index in [1.807, 2.05) is 26.8 Å². The first-order valence-electron chi connectivity index (χ1n) is 8.83. The molecule has 0 radical (unpaired) electrons. The predicted molar refractivity (Wildman–Crippen MR) is 114 cm³/mol. The van der Waals surface area contributed by atoms with Crippen LogP contribution in [0.15, 0.2) is 21.5 Å². The Morgan fingerprint density at radius 2 is 2.00 bits per heavy atom. The lowest BCUT2D eigenvalue weighted by atomic mass is 10.1. The maximum Gasteiger partial charge on any atom is 0.191 e. The highest BCUT2D eigenvalue weighted by Gasteiger charge is 2.25. The summed E-state index contributed by atoms with van der Waals surface area (Å²) in [6.07, 6.45) is 0. The minimum absolute atomic E-state index is 0. The standard InChI is InChI=1S/C18H32N4O3.HI/c1-14-6-7-16(25-14)15(22-8-10-24-11-9-22)12-20-17(19-4)21-13-18(2,3)23-5;/h6-7,15H,8-13H2,1-5H3,(H2,19,20,21);1H. The molecule has 2 heterocycles. The van der Waals surface area contributed by atoms with Crippen LogP contribution in [0, 0.1) is 6.92 Å². The van der Waals surface area contributed by atoms with Crippen LogP contribution >= 0.6 is 24.0 Å². The van der Waals surface area contributed by atoms with E-state index >= 15 is 0 Å². The summed E-state index contributed by atoms with van der Waals surface area (Å²) >= 11 is 0. The zero-order valence-electron chi connectivity index (χ0n) is 16.5. The van der Waals surface area contributed by atoms with Gasteiger partial charge >= 0.3 is 0 Å². The number of halogens is 1. The minimum atomic E-state index is -0.251. The third kappa shape index (κ3) is 7.05. The summed E-state index contributed by atoms with van der Waals surface area (Å²) in [5.74, 6) is 2.66. The molecular weight excluding hydrogens is 447 g/mol. The molecular formula is C18H33IN4O3. The highest BCUT2D eigenvalue weighted by atomic mass is 127.